The van der Waals surface area contributed by atoms with E-state index in [1.165, 1.54) is 38.2 Å². The normalized spacial score (nSPS) is 30.1. The average Bonchev–Trinajstić information content (AvgIpc) is 2.85. The van der Waals surface area contributed by atoms with E-state index in [1.807, 2.05) is 30.6 Å². The molecular weight excluding hydrogens is 308 g/mol. The first-order chi connectivity index (χ1) is 12.3. The number of benzene rings is 1. The number of piperidine rings is 2. The molecule has 4 heteroatoms. The molecule has 0 spiro atoms. The van der Waals surface area contributed by atoms with Crippen molar-refractivity contribution in [2.75, 3.05) is 31.1 Å². The first-order valence-corrected chi connectivity index (χ1v) is 9.23. The summed E-state index contributed by atoms with van der Waals surface area (Å²) in [6.07, 6.45) is 6.63. The third-order valence-corrected chi connectivity index (χ3v) is 6.05. The van der Waals surface area contributed by atoms with Crippen LogP contribution >= 0.6 is 0 Å². The summed E-state index contributed by atoms with van der Waals surface area (Å²) in [5, 5.41) is 9.15. The Morgan fingerprint density at radius 2 is 1.88 bits per heavy atom. The van der Waals surface area contributed by atoms with Gasteiger partial charge in [-0.2, -0.15) is 5.26 Å². The Bertz CT molecular complexity index is 826. The summed E-state index contributed by atoms with van der Waals surface area (Å²) in [5.41, 5.74) is 4.09. The summed E-state index contributed by atoms with van der Waals surface area (Å²) < 4.78 is 0. The molecule has 4 aliphatic rings. The third-order valence-electron chi connectivity index (χ3n) is 6.05. The quantitative estimate of drug-likeness (QED) is 0.848. The Kier molecular flexibility index (Phi) is 3.50. The fraction of sp³-hybridized carbons (Fsp3) is 0.429. The van der Waals surface area contributed by atoms with Crippen molar-refractivity contribution in [3.05, 3.63) is 48.3 Å². The molecule has 4 unspecified atom stereocenters. The number of pyridine rings is 1. The Morgan fingerprint density at radius 1 is 0.960 bits per heavy atom. The highest BCUT2D eigenvalue weighted by Crippen LogP contribution is 2.39. The van der Waals surface area contributed by atoms with Crippen LogP contribution < -0.4 is 4.90 Å². The topological polar surface area (TPSA) is 43.2 Å². The Morgan fingerprint density at radius 3 is 2.76 bits per heavy atom. The molecule has 6 rings (SSSR count). The van der Waals surface area contributed by atoms with Gasteiger partial charge in [-0.3, -0.25) is 4.98 Å². The number of aromatic nitrogens is 1. The highest BCUT2D eigenvalue weighted by molar-refractivity contribution is 5.68. The van der Waals surface area contributed by atoms with Gasteiger partial charge in [0.25, 0.3) is 0 Å². The van der Waals surface area contributed by atoms with Gasteiger partial charge in [-0.05, 0) is 48.4 Å². The number of rotatable bonds is 2. The molecule has 4 atom stereocenters. The van der Waals surface area contributed by atoms with Crippen LogP contribution in [0.4, 0.5) is 5.69 Å². The smallest absolute Gasteiger partial charge is 0.0991 e. The van der Waals surface area contributed by atoms with E-state index in [2.05, 4.69) is 33.0 Å². The monoisotopic (exact) mass is 330 g/mol. The maximum absolute atomic E-state index is 9.15. The third kappa shape index (κ3) is 2.69. The van der Waals surface area contributed by atoms with E-state index in [4.69, 9.17) is 5.26 Å². The molecule has 5 heterocycles. The molecule has 0 saturated carbocycles. The summed E-state index contributed by atoms with van der Waals surface area (Å²) in [6, 6.07) is 12.9. The van der Waals surface area contributed by atoms with Crippen molar-refractivity contribution in [1.29, 1.82) is 5.26 Å². The van der Waals surface area contributed by atoms with Crippen LogP contribution in [0.15, 0.2) is 42.7 Å². The van der Waals surface area contributed by atoms with Gasteiger partial charge in [-0.25, -0.2) is 0 Å². The van der Waals surface area contributed by atoms with Crippen molar-refractivity contribution in [2.45, 2.75) is 18.9 Å². The maximum Gasteiger partial charge on any atom is 0.0991 e. The molecule has 0 aliphatic carbocycles. The molecule has 4 fully saturated rings. The number of anilines is 1. The van der Waals surface area contributed by atoms with Gasteiger partial charge in [-0.15, -0.1) is 0 Å². The second kappa shape index (κ2) is 5.86. The largest absolute Gasteiger partial charge is 0.366 e. The summed E-state index contributed by atoms with van der Waals surface area (Å²) in [4.78, 5) is 9.80. The predicted molar refractivity (Wildman–Crippen MR) is 98.2 cm³/mol. The Balaban J connectivity index is 1.49. The number of nitriles is 1. The number of hydrogen-bond donors (Lipinski definition) is 0. The molecule has 0 N–H and O–H groups in total. The molecule has 25 heavy (non-hydrogen) atoms. The lowest BCUT2D eigenvalue weighted by atomic mass is 9.84. The Hall–Kier alpha value is -2.38. The Labute approximate surface area is 148 Å². The van der Waals surface area contributed by atoms with Gasteiger partial charge in [0.2, 0.25) is 0 Å². The molecule has 126 valence electrons. The van der Waals surface area contributed by atoms with E-state index in [9.17, 15) is 0 Å². The fourth-order valence-electron chi connectivity index (χ4n) is 5.12. The van der Waals surface area contributed by atoms with Gasteiger partial charge in [0.05, 0.1) is 23.5 Å². The van der Waals surface area contributed by atoms with E-state index < -0.39 is 0 Å². The molecule has 0 radical (unpaired) electrons. The summed E-state index contributed by atoms with van der Waals surface area (Å²) in [7, 11) is 0. The van der Waals surface area contributed by atoms with Crippen molar-refractivity contribution in [2.24, 2.45) is 11.8 Å². The summed E-state index contributed by atoms with van der Waals surface area (Å²) in [5.74, 6) is 1.67. The van der Waals surface area contributed by atoms with E-state index in [0.717, 1.165) is 29.5 Å². The molecule has 0 amide bonds. The predicted octanol–water partition coefficient (Wildman–Crippen LogP) is 3.15. The zero-order chi connectivity index (χ0) is 16.8. The lowest BCUT2D eigenvalue weighted by Crippen LogP contribution is -2.49. The zero-order valence-corrected chi connectivity index (χ0v) is 14.3. The van der Waals surface area contributed by atoms with Crippen LogP contribution in [-0.2, 0) is 0 Å². The van der Waals surface area contributed by atoms with Crippen LogP contribution in [-0.4, -0.2) is 42.1 Å². The molecule has 4 bridgehead atoms. The van der Waals surface area contributed by atoms with Crippen LogP contribution in [0.2, 0.25) is 0 Å². The van der Waals surface area contributed by atoms with Crippen molar-refractivity contribution in [3.8, 4) is 17.2 Å². The molecule has 1 aromatic heterocycles. The van der Waals surface area contributed by atoms with Crippen LogP contribution in [0.3, 0.4) is 0 Å². The second-order valence-electron chi connectivity index (χ2n) is 7.85. The van der Waals surface area contributed by atoms with Gasteiger partial charge in [0, 0.05) is 44.0 Å². The number of fused-ring (bicyclic) bond motifs is 1. The van der Waals surface area contributed by atoms with Crippen LogP contribution in [0, 0.1) is 23.2 Å². The average molecular weight is 330 g/mol. The van der Waals surface area contributed by atoms with Crippen LogP contribution in [0.1, 0.15) is 18.4 Å². The standard InChI is InChI=1S/C21H22N4/c22-8-15-2-1-3-18(5-15)19-7-20(10-23-9-19)25-13-17-4-16-6-21(25)14-24(11-16)12-17/h1-3,5,7,9-10,16-17,21H,4,6,11-14H2. The molecule has 4 nitrogen and oxygen atoms in total. The summed E-state index contributed by atoms with van der Waals surface area (Å²) in [6.45, 7) is 4.92. The van der Waals surface area contributed by atoms with Crippen LogP contribution in [0.25, 0.3) is 11.1 Å². The highest BCUT2D eigenvalue weighted by atomic mass is 15.3. The fourth-order valence-corrected chi connectivity index (χ4v) is 5.12. The van der Waals surface area contributed by atoms with E-state index in [0.29, 0.717) is 11.6 Å². The molecule has 2 aromatic rings. The van der Waals surface area contributed by atoms with Crippen molar-refractivity contribution >= 4 is 5.69 Å². The van der Waals surface area contributed by atoms with E-state index in [-0.39, 0.29) is 0 Å². The van der Waals surface area contributed by atoms with Crippen molar-refractivity contribution < 1.29 is 0 Å². The van der Waals surface area contributed by atoms with Gasteiger partial charge < -0.3 is 9.80 Å². The van der Waals surface area contributed by atoms with Crippen LogP contribution in [0.5, 0.6) is 0 Å². The van der Waals surface area contributed by atoms with Crippen molar-refractivity contribution in [3.63, 3.8) is 0 Å². The molecule has 4 aliphatic heterocycles. The van der Waals surface area contributed by atoms with Gasteiger partial charge in [0.15, 0.2) is 0 Å². The number of hydrogen-bond acceptors (Lipinski definition) is 4. The molecule has 4 saturated heterocycles. The lowest BCUT2D eigenvalue weighted by Gasteiger charge is -2.41. The van der Waals surface area contributed by atoms with E-state index in [1.54, 1.807) is 0 Å². The van der Waals surface area contributed by atoms with Crippen molar-refractivity contribution in [1.82, 2.24) is 9.88 Å². The lowest BCUT2D eigenvalue weighted by molar-refractivity contribution is 0.0980. The van der Waals surface area contributed by atoms with E-state index >= 15 is 0 Å². The summed E-state index contributed by atoms with van der Waals surface area (Å²) >= 11 is 0. The maximum atomic E-state index is 9.15. The van der Waals surface area contributed by atoms with Gasteiger partial charge >= 0.3 is 0 Å². The minimum absolute atomic E-state index is 0.619. The molecule has 1 aromatic carbocycles. The highest BCUT2D eigenvalue weighted by Gasteiger charge is 2.41. The minimum Gasteiger partial charge on any atom is -0.366 e. The molecular formula is C21H22N4. The van der Waals surface area contributed by atoms with Gasteiger partial charge in [0.1, 0.15) is 0 Å². The SMILES string of the molecule is N#Cc1cccc(-c2cncc(N3CC4CC5CC3CN(C5)C4)c2)c1. The second-order valence-corrected chi connectivity index (χ2v) is 7.85. The minimum atomic E-state index is 0.619. The van der Waals surface area contributed by atoms with Gasteiger partial charge in [-0.1, -0.05) is 12.1 Å². The number of nitrogens with zero attached hydrogens (tertiary/aromatic N) is 4. The zero-order valence-electron chi connectivity index (χ0n) is 14.3. The first kappa shape index (κ1) is 14.9. The first-order valence-electron chi connectivity index (χ1n) is 9.23.